The largest absolute Gasteiger partial charge is 0.309 e. The molecular formula is C50H34N2. The van der Waals surface area contributed by atoms with E-state index in [9.17, 15) is 0 Å². The maximum atomic E-state index is 2.47. The van der Waals surface area contributed by atoms with Gasteiger partial charge in [0.2, 0.25) is 0 Å². The van der Waals surface area contributed by atoms with Crippen LogP contribution in [0.15, 0.2) is 206 Å². The second-order valence-electron chi connectivity index (χ2n) is 13.3. The maximum Gasteiger partial charge on any atom is 0.0561 e. The molecule has 1 heterocycles. The highest BCUT2D eigenvalue weighted by Gasteiger charge is 2.23. The van der Waals surface area contributed by atoms with E-state index in [4.69, 9.17) is 0 Å². The molecule has 0 aliphatic carbocycles. The van der Waals surface area contributed by atoms with Gasteiger partial charge in [0.05, 0.1) is 22.4 Å². The van der Waals surface area contributed by atoms with E-state index in [0.717, 1.165) is 22.7 Å². The van der Waals surface area contributed by atoms with Crippen LogP contribution in [-0.2, 0) is 0 Å². The summed E-state index contributed by atoms with van der Waals surface area (Å²) in [5.41, 5.74) is 11.6. The van der Waals surface area contributed by atoms with Crippen molar-refractivity contribution in [2.24, 2.45) is 0 Å². The summed E-state index contributed by atoms with van der Waals surface area (Å²) in [5, 5.41) is 7.40. The fourth-order valence-corrected chi connectivity index (χ4v) is 8.07. The number of anilines is 3. The minimum Gasteiger partial charge on any atom is -0.309 e. The van der Waals surface area contributed by atoms with Gasteiger partial charge < -0.3 is 9.47 Å². The van der Waals surface area contributed by atoms with Gasteiger partial charge in [-0.2, -0.15) is 0 Å². The van der Waals surface area contributed by atoms with Gasteiger partial charge in [0.1, 0.15) is 0 Å². The van der Waals surface area contributed by atoms with E-state index in [0.29, 0.717) is 0 Å². The van der Waals surface area contributed by atoms with Crippen LogP contribution in [0.2, 0.25) is 0 Å². The zero-order chi connectivity index (χ0) is 34.4. The van der Waals surface area contributed by atoms with Crippen molar-refractivity contribution in [1.29, 1.82) is 0 Å². The van der Waals surface area contributed by atoms with Crippen LogP contribution in [-0.4, -0.2) is 4.57 Å². The highest BCUT2D eigenvalue weighted by Crippen LogP contribution is 2.47. The SMILES string of the molecule is c1ccc(-n2c3ccccc3c3ccc(N(c4ccccc4-c4cccc5ccccc45)c4ccccc4-c4cccc5ccccc45)cc32)cc1. The van der Waals surface area contributed by atoms with Crippen molar-refractivity contribution in [2.45, 2.75) is 0 Å². The maximum absolute atomic E-state index is 2.47. The Labute approximate surface area is 303 Å². The Kier molecular flexibility index (Phi) is 7.18. The van der Waals surface area contributed by atoms with Crippen LogP contribution in [0.5, 0.6) is 0 Å². The van der Waals surface area contributed by atoms with Crippen molar-refractivity contribution in [3.63, 3.8) is 0 Å². The molecular weight excluding hydrogens is 629 g/mol. The van der Waals surface area contributed by atoms with Crippen molar-refractivity contribution in [3.05, 3.63) is 206 Å². The van der Waals surface area contributed by atoms with E-state index in [1.165, 1.54) is 65.6 Å². The summed E-state index contributed by atoms with van der Waals surface area (Å²) in [6.07, 6.45) is 0. The fourth-order valence-electron chi connectivity index (χ4n) is 8.07. The molecule has 0 aliphatic heterocycles. The minimum atomic E-state index is 1.09. The lowest BCUT2D eigenvalue weighted by molar-refractivity contribution is 1.18. The molecule has 2 heteroatoms. The minimum absolute atomic E-state index is 1.09. The lowest BCUT2D eigenvalue weighted by Crippen LogP contribution is -2.12. The fraction of sp³-hybridized carbons (Fsp3) is 0. The predicted octanol–water partition coefficient (Wildman–Crippen LogP) is 13.9. The molecule has 1 aromatic heterocycles. The molecule has 0 aliphatic rings. The third-order valence-electron chi connectivity index (χ3n) is 10.4. The molecule has 0 spiro atoms. The van der Waals surface area contributed by atoms with E-state index in [-0.39, 0.29) is 0 Å². The number of nitrogens with zero attached hydrogens (tertiary/aromatic N) is 2. The van der Waals surface area contributed by atoms with Gasteiger partial charge in [0.15, 0.2) is 0 Å². The summed E-state index contributed by atoms with van der Waals surface area (Å²) < 4.78 is 2.40. The Balaban J connectivity index is 1.29. The topological polar surface area (TPSA) is 8.17 Å². The van der Waals surface area contributed by atoms with Crippen LogP contribution < -0.4 is 4.90 Å². The van der Waals surface area contributed by atoms with Gasteiger partial charge in [-0.25, -0.2) is 0 Å². The molecule has 0 fully saturated rings. The molecule has 9 aromatic carbocycles. The highest BCUT2D eigenvalue weighted by molar-refractivity contribution is 6.11. The average molecular weight is 663 g/mol. The van der Waals surface area contributed by atoms with E-state index >= 15 is 0 Å². The molecule has 52 heavy (non-hydrogen) atoms. The van der Waals surface area contributed by atoms with Gasteiger partial charge in [-0.3, -0.25) is 0 Å². The first-order valence-corrected chi connectivity index (χ1v) is 17.9. The molecule has 10 aromatic rings. The normalized spacial score (nSPS) is 11.5. The third-order valence-corrected chi connectivity index (χ3v) is 10.4. The summed E-state index contributed by atoms with van der Waals surface area (Å²) in [6, 6.07) is 74.8. The first kappa shape index (κ1) is 30.0. The monoisotopic (exact) mass is 662 g/mol. The summed E-state index contributed by atoms with van der Waals surface area (Å²) in [4.78, 5) is 2.47. The molecule has 0 bridgehead atoms. The van der Waals surface area contributed by atoms with E-state index < -0.39 is 0 Å². The van der Waals surface area contributed by atoms with Gasteiger partial charge in [-0.1, -0.05) is 164 Å². The molecule has 0 atom stereocenters. The van der Waals surface area contributed by atoms with Crippen LogP contribution >= 0.6 is 0 Å². The molecule has 0 saturated carbocycles. The molecule has 0 amide bonds. The van der Waals surface area contributed by atoms with E-state index in [1.807, 2.05) is 0 Å². The molecule has 0 saturated heterocycles. The Hall–Kier alpha value is -6.90. The smallest absolute Gasteiger partial charge is 0.0561 e. The van der Waals surface area contributed by atoms with Crippen LogP contribution in [0.1, 0.15) is 0 Å². The van der Waals surface area contributed by atoms with Crippen molar-refractivity contribution in [1.82, 2.24) is 4.57 Å². The summed E-state index contributed by atoms with van der Waals surface area (Å²) >= 11 is 0. The molecule has 0 N–H and O–H groups in total. The van der Waals surface area contributed by atoms with Gasteiger partial charge >= 0.3 is 0 Å². The highest BCUT2D eigenvalue weighted by atomic mass is 15.1. The zero-order valence-corrected chi connectivity index (χ0v) is 28.5. The van der Waals surface area contributed by atoms with Crippen molar-refractivity contribution >= 4 is 60.4 Å². The predicted molar refractivity (Wildman–Crippen MR) is 221 cm³/mol. The summed E-state index contributed by atoms with van der Waals surface area (Å²) in [7, 11) is 0. The van der Waals surface area contributed by atoms with Gasteiger partial charge in [-0.05, 0) is 75.1 Å². The zero-order valence-electron chi connectivity index (χ0n) is 28.5. The third kappa shape index (κ3) is 4.88. The van der Waals surface area contributed by atoms with E-state index in [1.54, 1.807) is 0 Å². The quantitative estimate of drug-likeness (QED) is 0.172. The number of benzene rings is 9. The van der Waals surface area contributed by atoms with Crippen LogP contribution in [0.4, 0.5) is 17.1 Å². The van der Waals surface area contributed by atoms with Crippen LogP contribution in [0.3, 0.4) is 0 Å². The van der Waals surface area contributed by atoms with Crippen LogP contribution in [0.25, 0.3) is 71.3 Å². The van der Waals surface area contributed by atoms with Gasteiger partial charge in [0, 0.05) is 33.3 Å². The summed E-state index contributed by atoms with van der Waals surface area (Å²) in [5.74, 6) is 0. The Morgan fingerprint density at radius 3 is 1.40 bits per heavy atom. The van der Waals surface area contributed by atoms with E-state index in [2.05, 4.69) is 216 Å². The summed E-state index contributed by atoms with van der Waals surface area (Å²) in [6.45, 7) is 0. The van der Waals surface area contributed by atoms with Crippen molar-refractivity contribution < 1.29 is 0 Å². The van der Waals surface area contributed by atoms with Gasteiger partial charge in [-0.15, -0.1) is 0 Å². The number of rotatable bonds is 6. The van der Waals surface area contributed by atoms with Crippen molar-refractivity contribution in [3.8, 4) is 27.9 Å². The Morgan fingerprint density at radius 2 is 0.769 bits per heavy atom. The van der Waals surface area contributed by atoms with Gasteiger partial charge in [0.25, 0.3) is 0 Å². The molecule has 10 rings (SSSR count). The second-order valence-corrected chi connectivity index (χ2v) is 13.3. The number of hydrogen-bond acceptors (Lipinski definition) is 1. The molecule has 0 radical (unpaired) electrons. The van der Waals surface area contributed by atoms with Crippen molar-refractivity contribution in [2.75, 3.05) is 4.90 Å². The van der Waals surface area contributed by atoms with Crippen LogP contribution in [0, 0.1) is 0 Å². The molecule has 2 nitrogen and oxygen atoms in total. The molecule has 0 unspecified atom stereocenters. The lowest BCUT2D eigenvalue weighted by Gasteiger charge is -2.30. The average Bonchev–Trinajstić information content (AvgIpc) is 3.55. The number of fused-ring (bicyclic) bond motifs is 5. The standard InChI is InChI=1S/C50H34N2/c1-2-20-37(21-3-1)51-49-31-13-10-26-45(49)46-33-32-38(34-50(46)51)52(47-29-11-8-24-43(47)41-27-14-18-35-16-4-6-22-39(35)41)48-30-12-9-25-44(48)42-28-15-19-36-17-5-7-23-40(36)42/h1-34H. The lowest BCUT2D eigenvalue weighted by atomic mass is 9.94. The number of aromatic nitrogens is 1. The Bertz CT molecular complexity index is 2780. The first-order valence-electron chi connectivity index (χ1n) is 17.9. The number of para-hydroxylation sites is 4. The Morgan fingerprint density at radius 1 is 0.308 bits per heavy atom. The molecule has 244 valence electrons. The number of hydrogen-bond donors (Lipinski definition) is 0. The second kappa shape index (κ2) is 12.5. The first-order chi connectivity index (χ1) is 25.8.